The molecule has 98 valence electrons. The number of likely N-dealkylation sites (tertiary alicyclic amines) is 1. The predicted molar refractivity (Wildman–Crippen MR) is 66.1 cm³/mol. The molecular formula is C13H19N3O2. The maximum Gasteiger partial charge on any atom is 0.410 e. The van der Waals surface area contributed by atoms with Gasteiger partial charge in [0, 0.05) is 25.2 Å². The van der Waals surface area contributed by atoms with Gasteiger partial charge in [-0.15, -0.1) is 0 Å². The van der Waals surface area contributed by atoms with Crippen LogP contribution in [0.5, 0.6) is 0 Å². The van der Waals surface area contributed by atoms with Crippen molar-refractivity contribution in [1.82, 2.24) is 15.1 Å². The van der Waals surface area contributed by atoms with Crippen LogP contribution in [0.15, 0.2) is 12.3 Å². The number of ether oxygens (including phenoxy) is 1. The number of carbonyl (C=O) groups excluding carboxylic acids is 1. The van der Waals surface area contributed by atoms with Crippen molar-refractivity contribution in [2.45, 2.75) is 32.3 Å². The number of H-pyrrole nitrogens is 1. The number of rotatable bonds is 1. The maximum atomic E-state index is 11.9. The second kappa shape index (κ2) is 3.73. The molecule has 0 spiro atoms. The molecule has 1 aromatic heterocycles. The third kappa shape index (κ3) is 1.98. The van der Waals surface area contributed by atoms with E-state index in [-0.39, 0.29) is 6.09 Å². The van der Waals surface area contributed by atoms with E-state index in [1.807, 2.05) is 37.9 Å². The van der Waals surface area contributed by atoms with E-state index < -0.39 is 5.60 Å². The van der Waals surface area contributed by atoms with Crippen LogP contribution in [0.25, 0.3) is 0 Å². The number of aromatic amines is 1. The molecule has 1 aliphatic heterocycles. The Labute approximate surface area is 107 Å². The first-order valence-electron chi connectivity index (χ1n) is 6.43. The standard InChI is InChI=1S/C13H19N3O2/c1-13(2,3)18-12(17)16-6-8-9(7-16)11(8)10-4-5-14-15-10/h4-5,8-9,11H,6-7H2,1-3H3,(H,14,15)/t8-,9+,11+. The number of piperidine rings is 1. The van der Waals surface area contributed by atoms with E-state index in [0.717, 1.165) is 18.8 Å². The number of nitrogens with one attached hydrogen (secondary N) is 1. The van der Waals surface area contributed by atoms with Crippen molar-refractivity contribution in [3.05, 3.63) is 18.0 Å². The fourth-order valence-corrected chi connectivity index (χ4v) is 2.90. The molecule has 1 N–H and O–H groups in total. The van der Waals surface area contributed by atoms with Crippen molar-refractivity contribution in [2.24, 2.45) is 11.8 Å². The second-order valence-electron chi connectivity index (χ2n) is 6.24. The number of amides is 1. The first kappa shape index (κ1) is 11.6. The lowest BCUT2D eigenvalue weighted by Gasteiger charge is -2.25. The van der Waals surface area contributed by atoms with E-state index in [9.17, 15) is 4.79 Å². The van der Waals surface area contributed by atoms with Crippen molar-refractivity contribution >= 4 is 6.09 Å². The average Bonchev–Trinajstić information content (AvgIpc) is 2.76. The van der Waals surface area contributed by atoms with Crippen molar-refractivity contribution in [3.8, 4) is 0 Å². The van der Waals surface area contributed by atoms with E-state index in [1.165, 1.54) is 0 Å². The zero-order valence-electron chi connectivity index (χ0n) is 11.0. The van der Waals surface area contributed by atoms with Crippen LogP contribution < -0.4 is 0 Å². The molecule has 5 heteroatoms. The molecule has 1 saturated heterocycles. The van der Waals surface area contributed by atoms with E-state index in [2.05, 4.69) is 10.2 Å². The topological polar surface area (TPSA) is 58.2 Å². The molecule has 1 aliphatic carbocycles. The molecule has 5 nitrogen and oxygen atoms in total. The van der Waals surface area contributed by atoms with Crippen LogP contribution in [0.3, 0.4) is 0 Å². The molecule has 0 radical (unpaired) electrons. The Bertz CT molecular complexity index is 437. The molecule has 1 amide bonds. The van der Waals surface area contributed by atoms with Crippen LogP contribution in [0, 0.1) is 11.8 Å². The molecule has 1 saturated carbocycles. The quantitative estimate of drug-likeness (QED) is 0.828. The number of fused-ring (bicyclic) bond motifs is 1. The number of nitrogens with zero attached hydrogens (tertiary/aromatic N) is 2. The fourth-order valence-electron chi connectivity index (χ4n) is 2.90. The Morgan fingerprint density at radius 3 is 2.61 bits per heavy atom. The van der Waals surface area contributed by atoms with Gasteiger partial charge in [-0.3, -0.25) is 5.10 Å². The first-order valence-corrected chi connectivity index (χ1v) is 6.43. The van der Waals surface area contributed by atoms with Crippen LogP contribution >= 0.6 is 0 Å². The molecule has 3 atom stereocenters. The number of carbonyl (C=O) groups is 1. The number of aromatic nitrogens is 2. The molecule has 3 rings (SSSR count). The Morgan fingerprint density at radius 2 is 2.11 bits per heavy atom. The van der Waals surface area contributed by atoms with Gasteiger partial charge < -0.3 is 9.64 Å². The Morgan fingerprint density at radius 1 is 1.44 bits per heavy atom. The summed E-state index contributed by atoms with van der Waals surface area (Å²) in [6.07, 6.45) is 1.67. The maximum absolute atomic E-state index is 11.9. The third-order valence-electron chi connectivity index (χ3n) is 3.71. The van der Waals surface area contributed by atoms with Gasteiger partial charge in [0.25, 0.3) is 0 Å². The highest BCUT2D eigenvalue weighted by Crippen LogP contribution is 2.57. The molecule has 0 bridgehead atoms. The van der Waals surface area contributed by atoms with Crippen LogP contribution in [-0.2, 0) is 4.74 Å². The zero-order chi connectivity index (χ0) is 12.9. The molecule has 0 unspecified atom stereocenters. The molecule has 2 fully saturated rings. The minimum Gasteiger partial charge on any atom is -0.444 e. The molecular weight excluding hydrogens is 230 g/mol. The summed E-state index contributed by atoms with van der Waals surface area (Å²) in [5.74, 6) is 1.68. The van der Waals surface area contributed by atoms with E-state index in [1.54, 1.807) is 0 Å². The lowest BCUT2D eigenvalue weighted by molar-refractivity contribution is 0.0271. The van der Waals surface area contributed by atoms with E-state index in [0.29, 0.717) is 17.8 Å². The lowest BCUT2D eigenvalue weighted by Crippen LogP contribution is -2.36. The fraction of sp³-hybridized carbons (Fsp3) is 0.692. The lowest BCUT2D eigenvalue weighted by atomic mass is 10.2. The Hall–Kier alpha value is -1.52. The first-order chi connectivity index (χ1) is 8.46. The van der Waals surface area contributed by atoms with Crippen molar-refractivity contribution in [2.75, 3.05) is 13.1 Å². The predicted octanol–water partition coefficient (Wildman–Crippen LogP) is 1.99. The SMILES string of the molecule is CC(C)(C)OC(=O)N1C[C@@H]2[C@H](C1)[C@H]2c1cc[nH]n1. The highest BCUT2D eigenvalue weighted by atomic mass is 16.6. The second-order valence-corrected chi connectivity index (χ2v) is 6.24. The van der Waals surface area contributed by atoms with Crippen molar-refractivity contribution < 1.29 is 9.53 Å². The zero-order valence-corrected chi connectivity index (χ0v) is 11.0. The molecule has 18 heavy (non-hydrogen) atoms. The third-order valence-corrected chi connectivity index (χ3v) is 3.71. The van der Waals surface area contributed by atoms with Crippen LogP contribution in [0.4, 0.5) is 4.79 Å². The van der Waals surface area contributed by atoms with Gasteiger partial charge in [-0.25, -0.2) is 4.79 Å². The van der Waals surface area contributed by atoms with E-state index in [4.69, 9.17) is 4.74 Å². The summed E-state index contributed by atoms with van der Waals surface area (Å²) in [7, 11) is 0. The summed E-state index contributed by atoms with van der Waals surface area (Å²) >= 11 is 0. The van der Waals surface area contributed by atoms with Crippen LogP contribution in [0.2, 0.25) is 0 Å². The number of hydrogen-bond donors (Lipinski definition) is 1. The summed E-state index contributed by atoms with van der Waals surface area (Å²) in [4.78, 5) is 13.7. The minimum absolute atomic E-state index is 0.185. The minimum atomic E-state index is -0.411. The average molecular weight is 249 g/mol. The van der Waals surface area contributed by atoms with Gasteiger partial charge in [-0.2, -0.15) is 5.10 Å². The van der Waals surface area contributed by atoms with Gasteiger partial charge in [0.15, 0.2) is 0 Å². The van der Waals surface area contributed by atoms with Gasteiger partial charge in [0.05, 0.1) is 5.69 Å². The van der Waals surface area contributed by atoms with Gasteiger partial charge in [-0.1, -0.05) is 0 Å². The van der Waals surface area contributed by atoms with Gasteiger partial charge in [0.1, 0.15) is 5.60 Å². The van der Waals surface area contributed by atoms with E-state index >= 15 is 0 Å². The highest BCUT2D eigenvalue weighted by Gasteiger charge is 2.58. The van der Waals surface area contributed by atoms with Crippen molar-refractivity contribution in [3.63, 3.8) is 0 Å². The normalized spacial score (nSPS) is 30.2. The van der Waals surface area contributed by atoms with Crippen LogP contribution in [-0.4, -0.2) is 39.9 Å². The molecule has 0 aromatic carbocycles. The molecule has 1 aromatic rings. The molecule has 2 heterocycles. The summed E-state index contributed by atoms with van der Waals surface area (Å²) in [5, 5.41) is 7.08. The molecule has 2 aliphatic rings. The summed E-state index contributed by atoms with van der Waals surface area (Å²) in [6, 6.07) is 2.03. The Balaban J connectivity index is 1.56. The summed E-state index contributed by atoms with van der Waals surface area (Å²) < 4.78 is 5.38. The smallest absolute Gasteiger partial charge is 0.410 e. The van der Waals surface area contributed by atoms with Crippen molar-refractivity contribution in [1.29, 1.82) is 0 Å². The monoisotopic (exact) mass is 249 g/mol. The largest absolute Gasteiger partial charge is 0.444 e. The van der Waals surface area contributed by atoms with Gasteiger partial charge in [0.2, 0.25) is 0 Å². The summed E-state index contributed by atoms with van der Waals surface area (Å²) in [5.41, 5.74) is 0.722. The number of hydrogen-bond acceptors (Lipinski definition) is 3. The highest BCUT2D eigenvalue weighted by molar-refractivity contribution is 5.69. The van der Waals surface area contributed by atoms with Gasteiger partial charge in [-0.05, 0) is 38.7 Å². The Kier molecular flexibility index (Phi) is 2.40. The summed E-state index contributed by atoms with van der Waals surface area (Å²) in [6.45, 7) is 7.30. The van der Waals surface area contributed by atoms with Crippen LogP contribution in [0.1, 0.15) is 32.4 Å². The van der Waals surface area contributed by atoms with Gasteiger partial charge >= 0.3 is 6.09 Å².